The molecule has 0 fully saturated rings. The summed E-state index contributed by atoms with van der Waals surface area (Å²) in [5.74, 6) is -5.06. The van der Waals surface area contributed by atoms with Crippen molar-refractivity contribution in [1.29, 1.82) is 0 Å². The molecule has 11 heteroatoms. The maximum atomic E-state index is 14.3. The van der Waals surface area contributed by atoms with Gasteiger partial charge in [-0.15, -0.1) is 0 Å². The van der Waals surface area contributed by atoms with E-state index in [0.717, 1.165) is 6.07 Å². The molecule has 140 valence electrons. The van der Waals surface area contributed by atoms with E-state index < -0.39 is 29.5 Å². The molecule has 3 rings (SSSR count). The SMILES string of the molecule is CC(C)SC1=NC(=O)C(C(=O)Nc2ccc(-c3cn[nH]n3)cc2F)C(=O)N1. The highest BCUT2D eigenvalue weighted by atomic mass is 32.2. The molecule has 2 aromatic rings. The second-order valence-corrected chi connectivity index (χ2v) is 7.45. The number of hydrogen-bond acceptors (Lipinski definition) is 6. The highest BCUT2D eigenvalue weighted by Gasteiger charge is 2.38. The number of amidine groups is 1. The van der Waals surface area contributed by atoms with Gasteiger partial charge in [-0.3, -0.25) is 14.4 Å². The second-order valence-electron chi connectivity index (χ2n) is 5.88. The van der Waals surface area contributed by atoms with Crippen LogP contribution in [-0.2, 0) is 14.4 Å². The molecule has 0 radical (unpaired) electrons. The van der Waals surface area contributed by atoms with Gasteiger partial charge in [0.05, 0.1) is 11.9 Å². The van der Waals surface area contributed by atoms with Crippen LogP contribution in [0.3, 0.4) is 0 Å². The number of carbonyl (C=O) groups is 3. The highest BCUT2D eigenvalue weighted by Crippen LogP contribution is 2.23. The van der Waals surface area contributed by atoms with Crippen LogP contribution in [0.5, 0.6) is 0 Å². The van der Waals surface area contributed by atoms with Crippen LogP contribution in [0.1, 0.15) is 13.8 Å². The Bertz CT molecular complexity index is 928. The predicted molar refractivity (Wildman–Crippen MR) is 97.2 cm³/mol. The lowest BCUT2D eigenvalue weighted by molar-refractivity contribution is -0.139. The molecule has 3 amide bonds. The van der Waals surface area contributed by atoms with Crippen molar-refractivity contribution >= 4 is 40.3 Å². The molecule has 1 atom stereocenters. The zero-order chi connectivity index (χ0) is 19.6. The van der Waals surface area contributed by atoms with Crippen LogP contribution < -0.4 is 10.6 Å². The number of aromatic nitrogens is 3. The number of halogens is 1. The third-order valence-electron chi connectivity index (χ3n) is 3.50. The number of benzene rings is 1. The summed E-state index contributed by atoms with van der Waals surface area (Å²) in [6.07, 6.45) is 1.42. The molecule has 1 aromatic heterocycles. The van der Waals surface area contributed by atoms with E-state index in [9.17, 15) is 18.8 Å². The maximum absolute atomic E-state index is 14.3. The number of amides is 3. The largest absolute Gasteiger partial charge is 0.322 e. The molecule has 1 aliphatic rings. The summed E-state index contributed by atoms with van der Waals surface area (Å²) in [7, 11) is 0. The molecule has 1 aliphatic heterocycles. The number of aromatic amines is 1. The fraction of sp³-hybridized carbons (Fsp3) is 0.250. The second kappa shape index (κ2) is 7.66. The van der Waals surface area contributed by atoms with Gasteiger partial charge in [0.15, 0.2) is 11.1 Å². The van der Waals surface area contributed by atoms with Gasteiger partial charge in [0.1, 0.15) is 11.5 Å². The first-order valence-corrected chi connectivity index (χ1v) is 8.79. The summed E-state index contributed by atoms with van der Waals surface area (Å²) < 4.78 is 14.3. The van der Waals surface area contributed by atoms with Crippen molar-refractivity contribution in [3.05, 3.63) is 30.2 Å². The number of carbonyl (C=O) groups excluding carboxylic acids is 3. The van der Waals surface area contributed by atoms with E-state index >= 15 is 0 Å². The molecule has 0 aliphatic carbocycles. The summed E-state index contributed by atoms with van der Waals surface area (Å²) in [4.78, 5) is 40.3. The topological polar surface area (TPSA) is 129 Å². The molecule has 0 spiro atoms. The number of rotatable bonds is 4. The Balaban J connectivity index is 1.75. The van der Waals surface area contributed by atoms with E-state index in [2.05, 4.69) is 31.0 Å². The minimum Gasteiger partial charge on any atom is -0.322 e. The van der Waals surface area contributed by atoms with Crippen LogP contribution in [0.4, 0.5) is 10.1 Å². The Morgan fingerprint density at radius 2 is 2.11 bits per heavy atom. The summed E-state index contributed by atoms with van der Waals surface area (Å²) in [6.45, 7) is 3.74. The van der Waals surface area contributed by atoms with Crippen LogP contribution in [0.2, 0.25) is 0 Å². The minimum absolute atomic E-state index is 0.0968. The van der Waals surface area contributed by atoms with E-state index in [0.29, 0.717) is 11.3 Å². The number of nitrogens with one attached hydrogen (secondary N) is 3. The highest BCUT2D eigenvalue weighted by molar-refractivity contribution is 8.14. The van der Waals surface area contributed by atoms with Gasteiger partial charge in [-0.2, -0.15) is 20.4 Å². The van der Waals surface area contributed by atoms with Crippen LogP contribution in [0, 0.1) is 11.7 Å². The molecule has 0 saturated carbocycles. The van der Waals surface area contributed by atoms with E-state index in [1.807, 2.05) is 13.8 Å². The van der Waals surface area contributed by atoms with Crippen molar-refractivity contribution in [3.8, 4) is 11.3 Å². The molecule has 2 heterocycles. The summed E-state index contributed by atoms with van der Waals surface area (Å²) >= 11 is 1.20. The van der Waals surface area contributed by atoms with Gasteiger partial charge in [-0.05, 0) is 12.1 Å². The van der Waals surface area contributed by atoms with E-state index in [1.54, 1.807) is 0 Å². The molecule has 0 saturated heterocycles. The van der Waals surface area contributed by atoms with Crippen LogP contribution in [0.15, 0.2) is 29.4 Å². The Labute approximate surface area is 157 Å². The van der Waals surface area contributed by atoms with Gasteiger partial charge >= 0.3 is 0 Å². The molecule has 3 N–H and O–H groups in total. The number of H-pyrrole nitrogens is 1. The number of hydrogen-bond donors (Lipinski definition) is 3. The zero-order valence-electron chi connectivity index (χ0n) is 14.3. The van der Waals surface area contributed by atoms with Gasteiger partial charge in [0.25, 0.3) is 5.91 Å². The number of anilines is 1. The van der Waals surface area contributed by atoms with Gasteiger partial charge in [-0.1, -0.05) is 31.7 Å². The Morgan fingerprint density at radius 3 is 2.70 bits per heavy atom. The smallest absolute Gasteiger partial charge is 0.270 e. The van der Waals surface area contributed by atoms with Gasteiger partial charge in [0, 0.05) is 10.8 Å². The molecule has 9 nitrogen and oxygen atoms in total. The lowest BCUT2D eigenvalue weighted by Crippen LogP contribution is -2.48. The summed E-state index contributed by atoms with van der Waals surface area (Å²) in [5, 5.41) is 14.8. The molecular formula is C16H15FN6O3S. The Morgan fingerprint density at radius 1 is 1.33 bits per heavy atom. The van der Waals surface area contributed by atoms with E-state index in [1.165, 1.54) is 30.1 Å². The van der Waals surface area contributed by atoms with Gasteiger partial charge in [0.2, 0.25) is 11.8 Å². The van der Waals surface area contributed by atoms with Gasteiger partial charge < -0.3 is 10.6 Å². The standard InChI is InChI=1S/C16H15FN6O3S/c1-7(2)27-16-20-14(25)12(15(26)21-16)13(24)19-10-4-3-8(5-9(10)17)11-6-18-23-22-11/h3-7,12H,1-2H3,(H,19,24)(H,18,22,23)(H,20,21,25,26). The monoisotopic (exact) mass is 390 g/mol. The quantitative estimate of drug-likeness (QED) is 0.675. The third kappa shape index (κ3) is 4.19. The van der Waals surface area contributed by atoms with Crippen LogP contribution in [0.25, 0.3) is 11.3 Å². The minimum atomic E-state index is -1.67. The number of aliphatic imine (C=N–C) groups is 1. The van der Waals surface area contributed by atoms with Gasteiger partial charge in [-0.25, -0.2) is 4.39 Å². The molecule has 1 aromatic carbocycles. The first-order valence-electron chi connectivity index (χ1n) is 7.91. The van der Waals surface area contributed by atoms with E-state index in [4.69, 9.17) is 0 Å². The maximum Gasteiger partial charge on any atom is 0.270 e. The fourth-order valence-electron chi connectivity index (χ4n) is 2.31. The summed E-state index contributed by atoms with van der Waals surface area (Å²) in [6, 6.07) is 3.99. The predicted octanol–water partition coefficient (Wildman–Crippen LogP) is 1.32. The molecule has 27 heavy (non-hydrogen) atoms. The van der Waals surface area contributed by atoms with Crippen LogP contribution >= 0.6 is 11.8 Å². The lowest BCUT2D eigenvalue weighted by Gasteiger charge is -2.20. The first-order chi connectivity index (χ1) is 12.8. The zero-order valence-corrected chi connectivity index (χ0v) is 15.1. The van der Waals surface area contributed by atoms with Crippen molar-refractivity contribution in [1.82, 2.24) is 20.7 Å². The normalized spacial score (nSPS) is 16.9. The lowest BCUT2D eigenvalue weighted by atomic mass is 10.1. The Kier molecular flexibility index (Phi) is 5.31. The van der Waals surface area contributed by atoms with Crippen molar-refractivity contribution < 1.29 is 18.8 Å². The van der Waals surface area contributed by atoms with Crippen LogP contribution in [-0.4, -0.2) is 43.5 Å². The first kappa shape index (κ1) is 18.7. The average molecular weight is 390 g/mol. The third-order valence-corrected chi connectivity index (χ3v) is 4.39. The van der Waals surface area contributed by atoms with Crippen molar-refractivity contribution in [2.45, 2.75) is 19.1 Å². The van der Waals surface area contributed by atoms with Crippen molar-refractivity contribution in [2.75, 3.05) is 5.32 Å². The van der Waals surface area contributed by atoms with E-state index in [-0.39, 0.29) is 16.1 Å². The van der Waals surface area contributed by atoms with Crippen molar-refractivity contribution in [2.24, 2.45) is 10.9 Å². The Hall–Kier alpha value is -3.08. The number of thioether (sulfide) groups is 1. The number of nitrogens with zero attached hydrogens (tertiary/aromatic N) is 3. The molecule has 0 bridgehead atoms. The molecular weight excluding hydrogens is 375 g/mol. The van der Waals surface area contributed by atoms with Crippen molar-refractivity contribution in [3.63, 3.8) is 0 Å². The average Bonchev–Trinajstić information content (AvgIpc) is 3.10. The summed E-state index contributed by atoms with van der Waals surface area (Å²) in [5.41, 5.74) is 0.711. The molecule has 1 unspecified atom stereocenters. The fourth-order valence-corrected chi connectivity index (χ4v) is 3.06.